The zero-order valence-corrected chi connectivity index (χ0v) is 12.2. The minimum absolute atomic E-state index is 0.106. The van der Waals surface area contributed by atoms with Crippen LogP contribution >= 0.6 is 0 Å². The van der Waals surface area contributed by atoms with E-state index >= 15 is 0 Å². The Balaban J connectivity index is 1.83. The molecule has 0 aromatic carbocycles. The number of hydrogen-bond donors (Lipinski definition) is 1. The lowest BCUT2D eigenvalue weighted by Crippen LogP contribution is -2.11. The van der Waals surface area contributed by atoms with Gasteiger partial charge in [-0.1, -0.05) is 6.07 Å². The second-order valence-corrected chi connectivity index (χ2v) is 4.79. The predicted octanol–water partition coefficient (Wildman–Crippen LogP) is 2.87. The average Bonchev–Trinajstić information content (AvgIpc) is 2.96. The van der Waals surface area contributed by atoms with Gasteiger partial charge in [-0.2, -0.15) is 13.2 Å². The van der Waals surface area contributed by atoms with E-state index in [0.717, 1.165) is 6.07 Å². The molecule has 0 unspecified atom stereocenters. The Morgan fingerprint density at radius 2 is 2.00 bits per heavy atom. The quantitative estimate of drug-likeness (QED) is 0.800. The SMILES string of the molecule is CCn1cnc2c(NCc3cccc(C(F)(F)F)n3)ncnc21. The van der Waals surface area contributed by atoms with E-state index in [1.165, 1.54) is 18.5 Å². The normalized spacial score (nSPS) is 11.8. The van der Waals surface area contributed by atoms with Crippen LogP contribution in [0.5, 0.6) is 0 Å². The van der Waals surface area contributed by atoms with Crippen molar-refractivity contribution in [2.75, 3.05) is 5.32 Å². The molecule has 120 valence electrons. The number of nitrogens with zero attached hydrogens (tertiary/aromatic N) is 5. The number of nitrogens with one attached hydrogen (secondary N) is 1. The molecule has 0 bridgehead atoms. The predicted molar refractivity (Wildman–Crippen MR) is 77.6 cm³/mol. The summed E-state index contributed by atoms with van der Waals surface area (Å²) in [7, 11) is 0. The van der Waals surface area contributed by atoms with Crippen molar-refractivity contribution >= 4 is 17.0 Å². The second kappa shape index (κ2) is 5.82. The maximum atomic E-state index is 12.7. The lowest BCUT2D eigenvalue weighted by Gasteiger charge is -2.09. The smallest absolute Gasteiger partial charge is 0.362 e. The van der Waals surface area contributed by atoms with Gasteiger partial charge in [0.25, 0.3) is 0 Å². The Morgan fingerprint density at radius 3 is 2.74 bits per heavy atom. The first-order valence-electron chi connectivity index (χ1n) is 6.92. The summed E-state index contributed by atoms with van der Waals surface area (Å²) in [5, 5.41) is 2.96. The van der Waals surface area contributed by atoms with E-state index in [1.54, 1.807) is 6.33 Å². The fourth-order valence-electron chi connectivity index (χ4n) is 2.15. The summed E-state index contributed by atoms with van der Waals surface area (Å²) in [5.41, 5.74) is 0.588. The first-order valence-corrected chi connectivity index (χ1v) is 6.92. The Labute approximate surface area is 129 Å². The lowest BCUT2D eigenvalue weighted by molar-refractivity contribution is -0.141. The first-order chi connectivity index (χ1) is 11.0. The molecule has 3 aromatic heterocycles. The second-order valence-electron chi connectivity index (χ2n) is 4.79. The van der Waals surface area contributed by atoms with Gasteiger partial charge in [0.1, 0.15) is 17.5 Å². The molecular weight excluding hydrogens is 309 g/mol. The van der Waals surface area contributed by atoms with Crippen LogP contribution < -0.4 is 5.32 Å². The maximum Gasteiger partial charge on any atom is 0.433 e. The molecule has 3 heterocycles. The van der Waals surface area contributed by atoms with Crippen LogP contribution in [-0.4, -0.2) is 24.5 Å². The van der Waals surface area contributed by atoms with Crippen molar-refractivity contribution < 1.29 is 13.2 Å². The van der Waals surface area contributed by atoms with Crippen molar-refractivity contribution in [3.8, 4) is 0 Å². The molecule has 23 heavy (non-hydrogen) atoms. The number of alkyl halides is 3. The Morgan fingerprint density at radius 1 is 1.17 bits per heavy atom. The van der Waals surface area contributed by atoms with Crippen molar-refractivity contribution in [2.24, 2.45) is 0 Å². The molecule has 0 amide bonds. The molecule has 0 saturated carbocycles. The lowest BCUT2D eigenvalue weighted by atomic mass is 10.3. The van der Waals surface area contributed by atoms with Gasteiger partial charge in [0.15, 0.2) is 11.5 Å². The van der Waals surface area contributed by atoms with Gasteiger partial charge in [-0.05, 0) is 19.1 Å². The molecule has 0 radical (unpaired) electrons. The number of anilines is 1. The number of aromatic nitrogens is 5. The average molecular weight is 322 g/mol. The van der Waals surface area contributed by atoms with Gasteiger partial charge in [0.05, 0.1) is 18.6 Å². The van der Waals surface area contributed by atoms with Crippen LogP contribution in [0.15, 0.2) is 30.9 Å². The van der Waals surface area contributed by atoms with Gasteiger partial charge < -0.3 is 9.88 Å². The highest BCUT2D eigenvalue weighted by Crippen LogP contribution is 2.27. The number of pyridine rings is 1. The van der Waals surface area contributed by atoms with Gasteiger partial charge in [0.2, 0.25) is 0 Å². The molecule has 3 aromatic rings. The van der Waals surface area contributed by atoms with E-state index in [4.69, 9.17) is 0 Å². The summed E-state index contributed by atoms with van der Waals surface area (Å²) in [4.78, 5) is 16.1. The van der Waals surface area contributed by atoms with Crippen molar-refractivity contribution in [1.82, 2.24) is 24.5 Å². The van der Waals surface area contributed by atoms with E-state index in [-0.39, 0.29) is 12.2 Å². The molecule has 0 aliphatic rings. The monoisotopic (exact) mass is 322 g/mol. The van der Waals surface area contributed by atoms with E-state index in [1.807, 2.05) is 11.5 Å². The Kier molecular flexibility index (Phi) is 3.85. The van der Waals surface area contributed by atoms with Crippen molar-refractivity contribution in [3.05, 3.63) is 42.2 Å². The molecule has 0 aliphatic heterocycles. The summed E-state index contributed by atoms with van der Waals surface area (Å²) < 4.78 is 39.8. The standard InChI is InChI=1S/C14H13F3N6/c1-2-23-8-21-11-12(19-7-20-13(11)23)18-6-9-4-3-5-10(22-9)14(15,16)17/h3-5,7-8H,2,6H2,1H3,(H,18,19,20). The Bertz CT molecular complexity index is 827. The van der Waals surface area contributed by atoms with Crippen LogP contribution in [0.4, 0.5) is 19.0 Å². The zero-order valence-electron chi connectivity index (χ0n) is 12.2. The van der Waals surface area contributed by atoms with Gasteiger partial charge in [0, 0.05) is 6.54 Å². The first kappa shape index (κ1) is 15.2. The van der Waals surface area contributed by atoms with Crippen LogP contribution in [-0.2, 0) is 19.3 Å². The third-order valence-corrected chi connectivity index (χ3v) is 3.28. The summed E-state index contributed by atoms with van der Waals surface area (Å²) in [6.45, 7) is 2.78. The molecule has 1 N–H and O–H groups in total. The summed E-state index contributed by atoms with van der Waals surface area (Å²) >= 11 is 0. The number of imidazole rings is 1. The minimum Gasteiger partial charge on any atom is -0.362 e. The van der Waals surface area contributed by atoms with E-state index < -0.39 is 11.9 Å². The highest BCUT2D eigenvalue weighted by atomic mass is 19.4. The van der Waals surface area contributed by atoms with Crippen LogP contribution in [0, 0.1) is 0 Å². The van der Waals surface area contributed by atoms with Gasteiger partial charge in [-0.3, -0.25) is 0 Å². The third kappa shape index (κ3) is 3.08. The maximum absolute atomic E-state index is 12.7. The third-order valence-electron chi connectivity index (χ3n) is 3.28. The molecule has 0 spiro atoms. The van der Waals surface area contributed by atoms with Gasteiger partial charge >= 0.3 is 6.18 Å². The number of fused-ring (bicyclic) bond motifs is 1. The molecular formula is C14H13F3N6. The number of aryl methyl sites for hydroxylation is 1. The number of halogens is 3. The summed E-state index contributed by atoms with van der Waals surface area (Å²) in [6.07, 6.45) is -1.43. The van der Waals surface area contributed by atoms with Crippen LogP contribution in [0.3, 0.4) is 0 Å². The minimum atomic E-state index is -4.46. The Hall–Kier alpha value is -2.71. The highest BCUT2D eigenvalue weighted by Gasteiger charge is 2.32. The molecule has 0 atom stereocenters. The molecule has 9 heteroatoms. The topological polar surface area (TPSA) is 68.5 Å². The molecule has 0 saturated heterocycles. The molecule has 3 rings (SSSR count). The van der Waals surface area contributed by atoms with Crippen LogP contribution in [0.25, 0.3) is 11.2 Å². The van der Waals surface area contributed by atoms with Crippen molar-refractivity contribution in [3.63, 3.8) is 0 Å². The molecule has 0 fully saturated rings. The van der Waals surface area contributed by atoms with Crippen molar-refractivity contribution in [1.29, 1.82) is 0 Å². The summed E-state index contributed by atoms with van der Waals surface area (Å²) in [5.74, 6) is 0.460. The fraction of sp³-hybridized carbons (Fsp3) is 0.286. The summed E-state index contributed by atoms with van der Waals surface area (Å²) in [6, 6.07) is 3.79. The van der Waals surface area contributed by atoms with E-state index in [0.29, 0.717) is 23.5 Å². The zero-order chi connectivity index (χ0) is 16.4. The fourth-order valence-corrected chi connectivity index (χ4v) is 2.15. The van der Waals surface area contributed by atoms with E-state index in [2.05, 4.69) is 25.3 Å². The number of hydrogen-bond acceptors (Lipinski definition) is 5. The van der Waals surface area contributed by atoms with Crippen molar-refractivity contribution in [2.45, 2.75) is 26.2 Å². The van der Waals surface area contributed by atoms with Gasteiger partial charge in [-0.25, -0.2) is 19.9 Å². The van der Waals surface area contributed by atoms with Gasteiger partial charge in [-0.15, -0.1) is 0 Å². The van der Waals surface area contributed by atoms with E-state index in [9.17, 15) is 13.2 Å². The number of rotatable bonds is 4. The largest absolute Gasteiger partial charge is 0.433 e. The van der Waals surface area contributed by atoms with Crippen LogP contribution in [0.2, 0.25) is 0 Å². The highest BCUT2D eigenvalue weighted by molar-refractivity contribution is 5.82. The molecule has 6 nitrogen and oxygen atoms in total. The van der Waals surface area contributed by atoms with Crippen LogP contribution in [0.1, 0.15) is 18.3 Å². The molecule has 0 aliphatic carbocycles.